The second-order valence-corrected chi connectivity index (χ2v) is 2.23. The van der Waals surface area contributed by atoms with Gasteiger partial charge in [0.05, 0.1) is 0 Å². The largest absolute Gasteiger partial charge is 0.202 e. The standard InChI is InChI=1S/C8F4N2.Sn/c9-5-3(1-13)6(10)8(12)4(2-14)7(5)11;. The molecule has 0 atom stereocenters. The Morgan fingerprint density at radius 2 is 0.867 bits per heavy atom. The summed E-state index contributed by atoms with van der Waals surface area (Å²) in [6.45, 7) is 0. The predicted molar refractivity (Wildman–Crippen MR) is 41.5 cm³/mol. The topological polar surface area (TPSA) is 47.6 Å². The van der Waals surface area contributed by atoms with E-state index in [-0.39, 0.29) is 23.9 Å². The van der Waals surface area contributed by atoms with Crippen molar-refractivity contribution >= 4 is 23.9 Å². The van der Waals surface area contributed by atoms with Crippen LogP contribution in [0.2, 0.25) is 0 Å². The molecule has 0 N–H and O–H groups in total. The van der Waals surface area contributed by atoms with E-state index in [1.165, 1.54) is 0 Å². The Bertz CT molecular complexity index is 413. The van der Waals surface area contributed by atoms with Gasteiger partial charge in [0.15, 0.2) is 23.3 Å². The average Bonchev–Trinajstić information content (AvgIpc) is 2.17. The number of hydrogen-bond donors (Lipinski definition) is 0. The summed E-state index contributed by atoms with van der Waals surface area (Å²) in [7, 11) is 0. The van der Waals surface area contributed by atoms with Crippen molar-refractivity contribution in [3.63, 3.8) is 0 Å². The maximum absolute atomic E-state index is 12.7. The minimum absolute atomic E-state index is 0. The summed E-state index contributed by atoms with van der Waals surface area (Å²) in [6.07, 6.45) is 0. The van der Waals surface area contributed by atoms with E-state index >= 15 is 0 Å². The normalized spacial score (nSPS) is 8.67. The quantitative estimate of drug-likeness (QED) is 0.414. The van der Waals surface area contributed by atoms with Gasteiger partial charge in [0.2, 0.25) is 0 Å². The molecule has 7 heteroatoms. The molecule has 0 saturated heterocycles. The number of nitrogens with zero attached hydrogens (tertiary/aromatic N) is 2. The molecule has 1 rings (SSSR count). The number of nitriles is 2. The summed E-state index contributed by atoms with van der Waals surface area (Å²) in [5, 5.41) is 16.3. The predicted octanol–water partition coefficient (Wildman–Crippen LogP) is 1.61. The van der Waals surface area contributed by atoms with Crippen LogP contribution >= 0.6 is 0 Å². The first kappa shape index (κ1) is 13.7. The van der Waals surface area contributed by atoms with E-state index in [1.54, 1.807) is 0 Å². The molecular weight excluding hydrogens is 319 g/mol. The Kier molecular flexibility index (Phi) is 4.56. The van der Waals surface area contributed by atoms with E-state index in [4.69, 9.17) is 10.5 Å². The molecule has 0 spiro atoms. The fraction of sp³-hybridized carbons (Fsp3) is 0. The SMILES string of the molecule is N#Cc1c(F)c(F)c(C#N)c(F)c1F.[Sn]. The molecule has 0 saturated carbocycles. The van der Waals surface area contributed by atoms with Crippen molar-refractivity contribution in [3.05, 3.63) is 34.4 Å². The Morgan fingerprint density at radius 3 is 1.00 bits per heavy atom. The number of benzene rings is 1. The molecular formula is C8F4N2Sn. The third kappa shape index (κ3) is 2.05. The molecule has 0 aromatic heterocycles. The van der Waals surface area contributed by atoms with E-state index in [9.17, 15) is 17.6 Å². The molecule has 15 heavy (non-hydrogen) atoms. The first-order chi connectivity index (χ1) is 6.54. The van der Waals surface area contributed by atoms with Crippen LogP contribution in [0.25, 0.3) is 0 Å². The summed E-state index contributed by atoms with van der Waals surface area (Å²) in [5.74, 6) is -7.43. The van der Waals surface area contributed by atoms with Crippen LogP contribution in [0.1, 0.15) is 11.1 Å². The van der Waals surface area contributed by atoms with Crippen LogP contribution in [-0.2, 0) is 0 Å². The fourth-order valence-corrected chi connectivity index (χ4v) is 0.828. The average molecular weight is 319 g/mol. The molecule has 4 radical (unpaired) electrons. The van der Waals surface area contributed by atoms with E-state index in [0.717, 1.165) is 12.1 Å². The van der Waals surface area contributed by atoms with Gasteiger partial charge in [-0.1, -0.05) is 0 Å². The molecule has 1 aromatic rings. The molecule has 1 aromatic carbocycles. The van der Waals surface area contributed by atoms with Gasteiger partial charge in [0.25, 0.3) is 0 Å². The minimum atomic E-state index is -1.86. The van der Waals surface area contributed by atoms with Crippen LogP contribution in [0.15, 0.2) is 0 Å². The molecule has 2 nitrogen and oxygen atoms in total. The second kappa shape index (κ2) is 4.98. The monoisotopic (exact) mass is 320 g/mol. The molecule has 0 aliphatic rings. The van der Waals surface area contributed by atoms with Gasteiger partial charge >= 0.3 is 0 Å². The van der Waals surface area contributed by atoms with Gasteiger partial charge in [-0.15, -0.1) is 0 Å². The second-order valence-electron chi connectivity index (χ2n) is 2.23. The summed E-state index contributed by atoms with van der Waals surface area (Å²) in [5.41, 5.74) is -2.75. The Balaban J connectivity index is 0.00000196. The van der Waals surface area contributed by atoms with E-state index in [0.29, 0.717) is 0 Å². The summed E-state index contributed by atoms with van der Waals surface area (Å²) in [6, 6.07) is 1.91. The Hall–Kier alpha value is -1.28. The molecule has 0 bridgehead atoms. The van der Waals surface area contributed by atoms with Crippen LogP contribution in [-0.4, -0.2) is 23.9 Å². The smallest absolute Gasteiger partial charge is 0.181 e. The number of hydrogen-bond acceptors (Lipinski definition) is 2. The van der Waals surface area contributed by atoms with E-state index in [2.05, 4.69) is 0 Å². The van der Waals surface area contributed by atoms with Gasteiger partial charge in [-0.05, 0) is 0 Å². The van der Waals surface area contributed by atoms with Crippen LogP contribution in [0, 0.1) is 45.9 Å². The first-order valence-corrected chi connectivity index (χ1v) is 3.20. The summed E-state index contributed by atoms with van der Waals surface area (Å²) in [4.78, 5) is 0. The van der Waals surface area contributed by atoms with Crippen molar-refractivity contribution < 1.29 is 17.6 Å². The van der Waals surface area contributed by atoms with Crippen LogP contribution in [0.5, 0.6) is 0 Å². The van der Waals surface area contributed by atoms with E-state index < -0.39 is 34.4 Å². The fourth-order valence-electron chi connectivity index (χ4n) is 0.828. The van der Waals surface area contributed by atoms with Gasteiger partial charge in [0.1, 0.15) is 23.3 Å². The van der Waals surface area contributed by atoms with Gasteiger partial charge in [0, 0.05) is 23.9 Å². The zero-order valence-electron chi connectivity index (χ0n) is 6.91. The number of rotatable bonds is 0. The molecule has 0 heterocycles. The Morgan fingerprint density at radius 1 is 0.667 bits per heavy atom. The summed E-state index contributed by atoms with van der Waals surface area (Å²) >= 11 is 0. The maximum Gasteiger partial charge on any atom is 0.181 e. The van der Waals surface area contributed by atoms with Crippen molar-refractivity contribution in [2.24, 2.45) is 0 Å². The number of halogens is 4. The molecule has 0 unspecified atom stereocenters. The van der Waals surface area contributed by atoms with Crippen LogP contribution < -0.4 is 0 Å². The van der Waals surface area contributed by atoms with Crippen molar-refractivity contribution in [2.75, 3.05) is 0 Å². The third-order valence-corrected chi connectivity index (χ3v) is 1.49. The van der Waals surface area contributed by atoms with Gasteiger partial charge in [-0.2, -0.15) is 10.5 Å². The van der Waals surface area contributed by atoms with Crippen molar-refractivity contribution in [1.29, 1.82) is 10.5 Å². The zero-order valence-corrected chi connectivity index (χ0v) is 9.76. The van der Waals surface area contributed by atoms with Crippen molar-refractivity contribution in [3.8, 4) is 12.1 Å². The maximum atomic E-state index is 12.7. The van der Waals surface area contributed by atoms with Gasteiger partial charge in [-0.3, -0.25) is 0 Å². The Labute approximate surface area is 98.7 Å². The summed E-state index contributed by atoms with van der Waals surface area (Å²) < 4.78 is 50.9. The van der Waals surface area contributed by atoms with Gasteiger partial charge < -0.3 is 0 Å². The van der Waals surface area contributed by atoms with Crippen molar-refractivity contribution in [2.45, 2.75) is 0 Å². The molecule has 0 fully saturated rings. The first-order valence-electron chi connectivity index (χ1n) is 3.20. The zero-order chi connectivity index (χ0) is 10.9. The molecule has 0 amide bonds. The molecule has 0 aliphatic carbocycles. The minimum Gasteiger partial charge on any atom is -0.202 e. The molecule has 0 aliphatic heterocycles. The van der Waals surface area contributed by atoms with E-state index in [1.807, 2.05) is 0 Å². The van der Waals surface area contributed by atoms with Crippen LogP contribution in [0.4, 0.5) is 17.6 Å². The van der Waals surface area contributed by atoms with Gasteiger partial charge in [-0.25, -0.2) is 17.6 Å². The van der Waals surface area contributed by atoms with Crippen LogP contribution in [0.3, 0.4) is 0 Å². The molecule has 74 valence electrons. The third-order valence-electron chi connectivity index (χ3n) is 1.49. The van der Waals surface area contributed by atoms with Crippen molar-refractivity contribution in [1.82, 2.24) is 0 Å².